The Labute approximate surface area is 130 Å². The normalized spacial score (nSPS) is 10.9. The molecule has 2 heterocycles. The van der Waals surface area contributed by atoms with Crippen LogP contribution in [0.15, 0.2) is 42.6 Å². The molecule has 0 saturated heterocycles. The second kappa shape index (κ2) is 5.48. The number of hydrogen-bond donors (Lipinski definition) is 1. The number of rotatable bonds is 3. The van der Waals surface area contributed by atoms with Crippen molar-refractivity contribution < 1.29 is 0 Å². The maximum absolute atomic E-state index is 6.15. The van der Waals surface area contributed by atoms with E-state index in [1.807, 2.05) is 41.2 Å². The van der Waals surface area contributed by atoms with Crippen LogP contribution in [0.3, 0.4) is 0 Å². The fourth-order valence-electron chi connectivity index (χ4n) is 2.00. The van der Waals surface area contributed by atoms with Gasteiger partial charge in [-0.15, -0.1) is 11.3 Å². The maximum Gasteiger partial charge on any atom is 0.118 e. The fourth-order valence-corrected chi connectivity index (χ4v) is 3.47. The van der Waals surface area contributed by atoms with E-state index in [9.17, 15) is 0 Å². The lowest BCUT2D eigenvalue weighted by molar-refractivity contribution is 0.689. The molecule has 0 atom stereocenters. The monoisotopic (exact) mass is 323 g/mol. The average molecular weight is 324 g/mol. The van der Waals surface area contributed by atoms with Gasteiger partial charge in [-0.25, -0.2) is 0 Å². The minimum absolute atomic E-state index is 0.595. The second-order valence-electron chi connectivity index (χ2n) is 4.35. The van der Waals surface area contributed by atoms with Crippen LogP contribution in [0.4, 0.5) is 5.69 Å². The highest BCUT2D eigenvalue weighted by molar-refractivity contribution is 7.20. The fraction of sp³-hybridized carbons (Fsp3) is 0.0714. The largest absolute Gasteiger partial charge is 0.396 e. The molecule has 0 saturated carbocycles. The zero-order valence-corrected chi connectivity index (χ0v) is 12.7. The van der Waals surface area contributed by atoms with Crippen molar-refractivity contribution in [1.29, 1.82) is 0 Å². The van der Waals surface area contributed by atoms with Gasteiger partial charge >= 0.3 is 0 Å². The van der Waals surface area contributed by atoms with Gasteiger partial charge in [-0.2, -0.15) is 5.10 Å². The third kappa shape index (κ3) is 2.68. The summed E-state index contributed by atoms with van der Waals surface area (Å²) in [5.41, 5.74) is 9.24. The van der Waals surface area contributed by atoms with Crippen molar-refractivity contribution in [2.45, 2.75) is 6.54 Å². The van der Waals surface area contributed by atoms with Crippen molar-refractivity contribution in [2.24, 2.45) is 0 Å². The molecule has 20 heavy (non-hydrogen) atoms. The van der Waals surface area contributed by atoms with E-state index < -0.39 is 0 Å². The molecule has 0 unspecified atom stereocenters. The Morgan fingerprint density at radius 1 is 1.20 bits per heavy atom. The van der Waals surface area contributed by atoms with Gasteiger partial charge in [-0.3, -0.25) is 4.68 Å². The summed E-state index contributed by atoms with van der Waals surface area (Å²) in [5.74, 6) is 0. The SMILES string of the molecule is Nc1cn(Cc2ccccc2)nc1-c1cc(Cl)sc1Cl. The lowest BCUT2D eigenvalue weighted by atomic mass is 10.2. The molecular formula is C14H11Cl2N3S. The number of nitrogen functional groups attached to an aromatic ring is 1. The minimum atomic E-state index is 0.595. The molecule has 0 bridgehead atoms. The third-order valence-electron chi connectivity index (χ3n) is 2.89. The van der Waals surface area contributed by atoms with Gasteiger partial charge in [-0.1, -0.05) is 53.5 Å². The molecule has 2 N–H and O–H groups in total. The number of thiophene rings is 1. The molecule has 102 valence electrons. The lowest BCUT2D eigenvalue weighted by Crippen LogP contribution is -1.99. The highest BCUT2D eigenvalue weighted by atomic mass is 35.5. The van der Waals surface area contributed by atoms with E-state index in [0.29, 0.717) is 26.6 Å². The van der Waals surface area contributed by atoms with E-state index in [1.54, 1.807) is 6.07 Å². The molecule has 3 nitrogen and oxygen atoms in total. The average Bonchev–Trinajstić information content (AvgIpc) is 2.93. The predicted molar refractivity (Wildman–Crippen MR) is 85.5 cm³/mol. The lowest BCUT2D eigenvalue weighted by Gasteiger charge is -2.00. The molecule has 0 fully saturated rings. The van der Waals surface area contributed by atoms with Gasteiger partial charge in [0.05, 0.1) is 16.6 Å². The first-order valence-corrected chi connectivity index (χ1v) is 7.53. The molecule has 0 spiro atoms. The van der Waals surface area contributed by atoms with E-state index in [-0.39, 0.29) is 0 Å². The third-order valence-corrected chi connectivity index (χ3v) is 4.38. The van der Waals surface area contributed by atoms with Gasteiger partial charge in [0.2, 0.25) is 0 Å². The first-order valence-electron chi connectivity index (χ1n) is 5.95. The molecule has 3 rings (SSSR count). The number of aromatic nitrogens is 2. The first-order chi connectivity index (χ1) is 9.63. The Hall–Kier alpha value is -1.49. The van der Waals surface area contributed by atoms with Crippen LogP contribution < -0.4 is 5.73 Å². The van der Waals surface area contributed by atoms with Crippen LogP contribution in [0.5, 0.6) is 0 Å². The van der Waals surface area contributed by atoms with Crippen LogP contribution in [-0.2, 0) is 6.54 Å². The van der Waals surface area contributed by atoms with Crippen molar-refractivity contribution in [3.8, 4) is 11.3 Å². The Bertz CT molecular complexity index is 734. The summed E-state index contributed by atoms with van der Waals surface area (Å²) < 4.78 is 3.04. The number of anilines is 1. The minimum Gasteiger partial charge on any atom is -0.396 e. The van der Waals surface area contributed by atoms with Crippen LogP contribution in [0.1, 0.15) is 5.56 Å². The first kappa shape index (κ1) is 13.5. The van der Waals surface area contributed by atoms with Crippen LogP contribution in [0, 0.1) is 0 Å². The molecule has 0 amide bonds. The summed E-state index contributed by atoms with van der Waals surface area (Å²) in [6.07, 6.45) is 1.81. The summed E-state index contributed by atoms with van der Waals surface area (Å²) >= 11 is 13.4. The molecule has 1 aromatic carbocycles. The molecule has 0 aliphatic carbocycles. The van der Waals surface area contributed by atoms with Crippen LogP contribution in [-0.4, -0.2) is 9.78 Å². The Kier molecular flexibility index (Phi) is 3.70. The quantitative estimate of drug-likeness (QED) is 0.768. The molecular weight excluding hydrogens is 313 g/mol. The van der Waals surface area contributed by atoms with E-state index in [0.717, 1.165) is 11.1 Å². The Morgan fingerprint density at radius 2 is 1.95 bits per heavy atom. The van der Waals surface area contributed by atoms with Crippen molar-refractivity contribution in [2.75, 3.05) is 5.73 Å². The van der Waals surface area contributed by atoms with E-state index in [1.165, 1.54) is 11.3 Å². The zero-order chi connectivity index (χ0) is 14.1. The number of hydrogen-bond acceptors (Lipinski definition) is 3. The van der Waals surface area contributed by atoms with Crippen LogP contribution in [0.2, 0.25) is 8.67 Å². The maximum atomic E-state index is 6.15. The van der Waals surface area contributed by atoms with Gasteiger partial charge in [0.1, 0.15) is 10.0 Å². The van der Waals surface area contributed by atoms with Crippen molar-refractivity contribution >= 4 is 40.2 Å². The second-order valence-corrected chi connectivity index (χ2v) is 6.64. The van der Waals surface area contributed by atoms with Gasteiger partial charge in [-0.05, 0) is 11.6 Å². The molecule has 6 heteroatoms. The van der Waals surface area contributed by atoms with E-state index in [4.69, 9.17) is 28.9 Å². The van der Waals surface area contributed by atoms with Crippen molar-refractivity contribution in [3.63, 3.8) is 0 Å². The van der Waals surface area contributed by atoms with Gasteiger partial charge in [0.25, 0.3) is 0 Å². The molecule has 3 aromatic rings. The van der Waals surface area contributed by atoms with E-state index in [2.05, 4.69) is 5.10 Å². The zero-order valence-electron chi connectivity index (χ0n) is 10.4. The smallest absolute Gasteiger partial charge is 0.118 e. The summed E-state index contributed by atoms with van der Waals surface area (Å²) in [5, 5.41) is 4.50. The summed E-state index contributed by atoms with van der Waals surface area (Å²) in [6, 6.07) is 11.9. The number of nitrogens with two attached hydrogens (primary N) is 1. The highest BCUT2D eigenvalue weighted by Gasteiger charge is 2.15. The summed E-state index contributed by atoms with van der Waals surface area (Å²) in [7, 11) is 0. The standard InChI is InChI=1S/C14H11Cl2N3S/c15-12-6-10(14(16)20-12)13-11(17)8-19(18-13)7-9-4-2-1-3-5-9/h1-6,8H,7,17H2. The molecule has 2 aromatic heterocycles. The topological polar surface area (TPSA) is 43.8 Å². The molecule has 0 aliphatic rings. The van der Waals surface area contributed by atoms with Gasteiger partial charge < -0.3 is 5.73 Å². The molecule has 0 aliphatic heterocycles. The predicted octanol–water partition coefficient (Wildman–Crippen LogP) is 4.55. The summed E-state index contributed by atoms with van der Waals surface area (Å²) in [4.78, 5) is 0. The van der Waals surface area contributed by atoms with Crippen LogP contribution >= 0.6 is 34.5 Å². The highest BCUT2D eigenvalue weighted by Crippen LogP contribution is 2.39. The van der Waals surface area contributed by atoms with Crippen LogP contribution in [0.25, 0.3) is 11.3 Å². The summed E-state index contributed by atoms with van der Waals surface area (Å²) in [6.45, 7) is 0.667. The number of halogens is 2. The van der Waals surface area contributed by atoms with Gasteiger partial charge in [0, 0.05) is 11.8 Å². The van der Waals surface area contributed by atoms with E-state index >= 15 is 0 Å². The number of nitrogens with zero attached hydrogens (tertiary/aromatic N) is 2. The number of benzene rings is 1. The van der Waals surface area contributed by atoms with Crippen molar-refractivity contribution in [3.05, 3.63) is 56.8 Å². The molecule has 0 radical (unpaired) electrons. The van der Waals surface area contributed by atoms with Crippen molar-refractivity contribution in [1.82, 2.24) is 9.78 Å². The van der Waals surface area contributed by atoms with Gasteiger partial charge in [0.15, 0.2) is 0 Å². The Morgan fingerprint density at radius 3 is 2.60 bits per heavy atom. The Balaban J connectivity index is 1.93.